The van der Waals surface area contributed by atoms with E-state index in [1.54, 1.807) is 0 Å². The van der Waals surface area contributed by atoms with Crippen LogP contribution < -0.4 is 5.32 Å². The van der Waals surface area contributed by atoms with Crippen LogP contribution in [0.25, 0.3) is 0 Å². The summed E-state index contributed by atoms with van der Waals surface area (Å²) in [6.07, 6.45) is 4.29. The van der Waals surface area contributed by atoms with Crippen molar-refractivity contribution in [2.24, 2.45) is 5.41 Å². The van der Waals surface area contributed by atoms with Crippen LogP contribution >= 0.6 is 0 Å². The van der Waals surface area contributed by atoms with Gasteiger partial charge in [-0.2, -0.15) is 5.26 Å². The number of carbonyl (C=O) groups excluding carboxylic acids is 1. The zero-order valence-corrected chi connectivity index (χ0v) is 10.6. The lowest BCUT2D eigenvalue weighted by Crippen LogP contribution is -2.44. The molecule has 2 aliphatic rings. The summed E-state index contributed by atoms with van der Waals surface area (Å²) in [5.74, 6) is -0.147. The maximum absolute atomic E-state index is 12.1. The van der Waals surface area contributed by atoms with Crippen LogP contribution in [0.5, 0.6) is 0 Å². The minimum absolute atomic E-state index is 0.147. The molecule has 1 atom stereocenters. The molecule has 0 spiro atoms. The van der Waals surface area contributed by atoms with Crippen molar-refractivity contribution in [1.82, 2.24) is 5.32 Å². The fourth-order valence-electron chi connectivity index (χ4n) is 2.50. The highest BCUT2D eigenvalue weighted by Crippen LogP contribution is 2.29. The summed E-state index contributed by atoms with van der Waals surface area (Å²) in [7, 11) is 0. The Bertz CT molecular complexity index is 326. The Hall–Kier alpha value is -1.12. The van der Waals surface area contributed by atoms with Gasteiger partial charge in [-0.25, -0.2) is 0 Å². The largest absolute Gasteiger partial charge is 0.381 e. The Balaban J connectivity index is 1.77. The van der Waals surface area contributed by atoms with Gasteiger partial charge in [0.05, 0.1) is 12.2 Å². The van der Waals surface area contributed by atoms with Gasteiger partial charge in [-0.1, -0.05) is 0 Å². The molecule has 2 heterocycles. The van der Waals surface area contributed by atoms with Crippen LogP contribution in [0.3, 0.4) is 0 Å². The molecule has 0 aromatic rings. The molecule has 5 nitrogen and oxygen atoms in total. The first-order valence-electron chi connectivity index (χ1n) is 6.66. The van der Waals surface area contributed by atoms with E-state index in [2.05, 4.69) is 11.4 Å². The number of ether oxygens (including phenoxy) is 2. The van der Waals surface area contributed by atoms with Crippen molar-refractivity contribution in [3.05, 3.63) is 0 Å². The molecule has 0 saturated carbocycles. The van der Waals surface area contributed by atoms with Crippen molar-refractivity contribution in [3.8, 4) is 6.07 Å². The Morgan fingerprint density at radius 2 is 2.17 bits per heavy atom. The quantitative estimate of drug-likeness (QED) is 0.810. The first-order chi connectivity index (χ1) is 8.77. The van der Waals surface area contributed by atoms with Crippen LogP contribution in [0.4, 0.5) is 0 Å². The monoisotopic (exact) mass is 252 g/mol. The van der Waals surface area contributed by atoms with E-state index in [0.717, 1.165) is 25.9 Å². The van der Waals surface area contributed by atoms with Crippen LogP contribution in [0.15, 0.2) is 0 Å². The van der Waals surface area contributed by atoms with Crippen molar-refractivity contribution in [2.75, 3.05) is 26.4 Å². The van der Waals surface area contributed by atoms with Crippen LogP contribution in [-0.2, 0) is 14.3 Å². The molecule has 1 N–H and O–H groups in total. The van der Waals surface area contributed by atoms with Crippen molar-refractivity contribution in [2.45, 2.75) is 38.2 Å². The molecule has 0 aliphatic carbocycles. The topological polar surface area (TPSA) is 71.4 Å². The molecular weight excluding hydrogens is 232 g/mol. The summed E-state index contributed by atoms with van der Waals surface area (Å²) in [6.45, 7) is 2.41. The Morgan fingerprint density at radius 3 is 2.78 bits per heavy atom. The predicted molar refractivity (Wildman–Crippen MR) is 64.7 cm³/mol. The maximum Gasteiger partial charge on any atom is 0.240 e. The average Bonchev–Trinajstić information content (AvgIpc) is 2.92. The van der Waals surface area contributed by atoms with Gasteiger partial charge in [0.15, 0.2) is 0 Å². The lowest BCUT2D eigenvalue weighted by Gasteiger charge is -2.29. The second-order valence-corrected chi connectivity index (χ2v) is 4.99. The summed E-state index contributed by atoms with van der Waals surface area (Å²) >= 11 is 0. The second kappa shape index (κ2) is 6.17. The minimum Gasteiger partial charge on any atom is -0.381 e. The van der Waals surface area contributed by atoms with E-state index in [4.69, 9.17) is 9.47 Å². The van der Waals surface area contributed by atoms with E-state index in [1.165, 1.54) is 0 Å². The van der Waals surface area contributed by atoms with Crippen LogP contribution in [0.2, 0.25) is 0 Å². The number of amides is 1. The standard InChI is InChI=1S/C13H20N2O3/c14-10-13(4-8-17-9-5-13)12(16)15-6-3-11-2-1-7-18-11/h11H,1-9H2,(H,15,16). The van der Waals surface area contributed by atoms with Gasteiger partial charge in [0, 0.05) is 26.4 Å². The third kappa shape index (κ3) is 3.01. The zero-order chi connectivity index (χ0) is 12.8. The van der Waals surface area contributed by atoms with Crippen molar-refractivity contribution in [1.29, 1.82) is 5.26 Å². The van der Waals surface area contributed by atoms with Crippen molar-refractivity contribution in [3.63, 3.8) is 0 Å². The van der Waals surface area contributed by atoms with Crippen molar-refractivity contribution < 1.29 is 14.3 Å². The number of hydrogen-bond acceptors (Lipinski definition) is 4. The number of nitrogens with zero attached hydrogens (tertiary/aromatic N) is 1. The van der Waals surface area contributed by atoms with Crippen LogP contribution in [-0.4, -0.2) is 38.4 Å². The van der Waals surface area contributed by atoms with Crippen LogP contribution in [0, 0.1) is 16.7 Å². The summed E-state index contributed by atoms with van der Waals surface area (Å²) in [5, 5.41) is 12.1. The average molecular weight is 252 g/mol. The second-order valence-electron chi connectivity index (χ2n) is 4.99. The molecule has 0 bridgehead atoms. The number of nitriles is 1. The van der Waals surface area contributed by atoms with Gasteiger partial charge in [-0.05, 0) is 32.1 Å². The first kappa shape index (κ1) is 13.3. The Kier molecular flexibility index (Phi) is 4.56. The predicted octanol–water partition coefficient (Wildman–Crippen LogP) is 0.992. The Morgan fingerprint density at radius 1 is 1.39 bits per heavy atom. The third-order valence-electron chi connectivity index (χ3n) is 3.77. The summed E-state index contributed by atoms with van der Waals surface area (Å²) in [4.78, 5) is 12.1. The summed E-state index contributed by atoms with van der Waals surface area (Å²) in [5.41, 5.74) is -0.880. The van der Waals surface area contributed by atoms with Gasteiger partial charge in [0.2, 0.25) is 5.91 Å². The molecule has 18 heavy (non-hydrogen) atoms. The van der Waals surface area contributed by atoms with Gasteiger partial charge in [-0.15, -0.1) is 0 Å². The first-order valence-corrected chi connectivity index (χ1v) is 6.66. The molecule has 100 valence electrons. The fraction of sp³-hybridized carbons (Fsp3) is 0.846. The molecule has 0 aromatic heterocycles. The number of rotatable bonds is 4. The van der Waals surface area contributed by atoms with Gasteiger partial charge >= 0.3 is 0 Å². The van der Waals surface area contributed by atoms with Crippen molar-refractivity contribution >= 4 is 5.91 Å². The van der Waals surface area contributed by atoms with E-state index >= 15 is 0 Å². The number of nitrogens with one attached hydrogen (secondary N) is 1. The zero-order valence-electron chi connectivity index (χ0n) is 10.6. The SMILES string of the molecule is N#CC1(C(=O)NCCC2CCCO2)CCOCC1. The highest BCUT2D eigenvalue weighted by Gasteiger charge is 2.40. The lowest BCUT2D eigenvalue weighted by atomic mass is 9.81. The van der Waals surface area contributed by atoms with Gasteiger partial charge < -0.3 is 14.8 Å². The van der Waals surface area contributed by atoms with E-state index < -0.39 is 5.41 Å². The van der Waals surface area contributed by atoms with E-state index in [1.807, 2.05) is 0 Å². The summed E-state index contributed by atoms with van der Waals surface area (Å²) in [6, 6.07) is 2.17. The molecule has 1 unspecified atom stereocenters. The third-order valence-corrected chi connectivity index (χ3v) is 3.77. The van der Waals surface area contributed by atoms with Crippen LogP contribution in [0.1, 0.15) is 32.1 Å². The molecule has 2 saturated heterocycles. The molecular formula is C13H20N2O3. The highest BCUT2D eigenvalue weighted by atomic mass is 16.5. The molecule has 0 aromatic carbocycles. The molecule has 2 aliphatic heterocycles. The van der Waals surface area contributed by atoms with Gasteiger partial charge in [0.25, 0.3) is 0 Å². The smallest absolute Gasteiger partial charge is 0.240 e. The van der Waals surface area contributed by atoms with E-state index in [-0.39, 0.29) is 12.0 Å². The van der Waals surface area contributed by atoms with Gasteiger partial charge in [-0.3, -0.25) is 4.79 Å². The normalized spacial score (nSPS) is 26.5. The number of carbonyl (C=O) groups is 1. The molecule has 5 heteroatoms. The summed E-state index contributed by atoms with van der Waals surface area (Å²) < 4.78 is 10.7. The van der Waals surface area contributed by atoms with Gasteiger partial charge in [0.1, 0.15) is 5.41 Å². The highest BCUT2D eigenvalue weighted by molar-refractivity contribution is 5.85. The molecule has 2 rings (SSSR count). The Labute approximate surface area is 107 Å². The van der Waals surface area contributed by atoms with E-state index in [0.29, 0.717) is 32.6 Å². The molecule has 0 radical (unpaired) electrons. The number of hydrogen-bond donors (Lipinski definition) is 1. The lowest BCUT2D eigenvalue weighted by molar-refractivity contribution is -0.132. The van der Waals surface area contributed by atoms with E-state index in [9.17, 15) is 10.1 Å². The molecule has 2 fully saturated rings. The molecule has 1 amide bonds. The minimum atomic E-state index is -0.880. The fourth-order valence-corrected chi connectivity index (χ4v) is 2.50. The maximum atomic E-state index is 12.1.